The standard InChI is InChI=1S/C31H35N3O2/c1-31(36,25-10-6-3-7-11-25)21-24-12-13-29-27(20-24)28(22-32-29)30(35)33-26-15-18-34(19-16-26)17-14-23-8-4-2-5-9-23/h2-13,20,22,26,32,36H,14-19,21H2,1H3,(H,33,35). The second-order valence-corrected chi connectivity index (χ2v) is 10.2. The Morgan fingerprint density at radius 3 is 2.42 bits per heavy atom. The molecule has 5 rings (SSSR count). The molecule has 1 amide bonds. The van der Waals surface area contributed by atoms with Crippen LogP contribution in [0.2, 0.25) is 0 Å². The lowest BCUT2D eigenvalue weighted by molar-refractivity contribution is 0.0576. The number of aliphatic hydroxyl groups is 1. The molecule has 2 heterocycles. The van der Waals surface area contributed by atoms with Crippen molar-refractivity contribution in [2.75, 3.05) is 19.6 Å². The maximum atomic E-state index is 13.2. The summed E-state index contributed by atoms with van der Waals surface area (Å²) >= 11 is 0. The molecule has 0 spiro atoms. The number of benzene rings is 3. The number of piperidine rings is 1. The molecular weight excluding hydrogens is 446 g/mol. The molecule has 186 valence electrons. The monoisotopic (exact) mass is 481 g/mol. The van der Waals surface area contributed by atoms with Gasteiger partial charge in [0.05, 0.1) is 11.2 Å². The van der Waals surface area contributed by atoms with E-state index in [0.717, 1.165) is 60.9 Å². The summed E-state index contributed by atoms with van der Waals surface area (Å²) in [6.45, 7) is 4.90. The van der Waals surface area contributed by atoms with Crippen molar-refractivity contribution in [1.82, 2.24) is 15.2 Å². The summed E-state index contributed by atoms with van der Waals surface area (Å²) in [4.78, 5) is 18.9. The summed E-state index contributed by atoms with van der Waals surface area (Å²) in [6, 6.07) is 26.6. The van der Waals surface area contributed by atoms with Crippen LogP contribution in [0.1, 0.15) is 46.8 Å². The second kappa shape index (κ2) is 10.7. The van der Waals surface area contributed by atoms with Crippen molar-refractivity contribution in [3.8, 4) is 0 Å². The van der Waals surface area contributed by atoms with Crippen LogP contribution in [-0.2, 0) is 18.4 Å². The van der Waals surface area contributed by atoms with Crippen molar-refractivity contribution >= 4 is 16.8 Å². The van der Waals surface area contributed by atoms with Gasteiger partial charge in [0.1, 0.15) is 0 Å². The number of nitrogens with zero attached hydrogens (tertiary/aromatic N) is 1. The summed E-state index contributed by atoms with van der Waals surface area (Å²) in [6.07, 6.45) is 5.27. The van der Waals surface area contributed by atoms with Gasteiger partial charge in [0.2, 0.25) is 0 Å². The largest absolute Gasteiger partial charge is 0.385 e. The van der Waals surface area contributed by atoms with Crippen molar-refractivity contribution in [2.24, 2.45) is 0 Å². The maximum absolute atomic E-state index is 13.2. The third-order valence-electron chi connectivity index (χ3n) is 7.42. The molecule has 4 aromatic rings. The zero-order valence-corrected chi connectivity index (χ0v) is 20.9. The van der Waals surface area contributed by atoms with Crippen molar-refractivity contribution in [2.45, 2.75) is 44.2 Å². The van der Waals surface area contributed by atoms with E-state index in [2.05, 4.69) is 45.5 Å². The highest BCUT2D eigenvalue weighted by Crippen LogP contribution is 2.28. The predicted octanol–water partition coefficient (Wildman–Crippen LogP) is 5.06. The Morgan fingerprint density at radius 1 is 1.00 bits per heavy atom. The Bertz CT molecular complexity index is 1290. The van der Waals surface area contributed by atoms with Gasteiger partial charge in [-0.2, -0.15) is 0 Å². The number of aromatic nitrogens is 1. The topological polar surface area (TPSA) is 68.4 Å². The molecule has 0 saturated carbocycles. The van der Waals surface area contributed by atoms with Crippen LogP contribution >= 0.6 is 0 Å². The van der Waals surface area contributed by atoms with E-state index in [1.54, 1.807) is 6.20 Å². The van der Waals surface area contributed by atoms with Gasteiger partial charge in [-0.05, 0) is 55.0 Å². The normalized spacial score (nSPS) is 16.6. The fraction of sp³-hybridized carbons (Fsp3) is 0.323. The van der Waals surface area contributed by atoms with Gasteiger partial charge in [-0.15, -0.1) is 0 Å². The molecule has 36 heavy (non-hydrogen) atoms. The first-order valence-electron chi connectivity index (χ1n) is 12.9. The number of nitrogens with one attached hydrogen (secondary N) is 2. The van der Waals surface area contributed by atoms with Gasteiger partial charge >= 0.3 is 0 Å². The van der Waals surface area contributed by atoms with Gasteiger partial charge in [-0.1, -0.05) is 66.7 Å². The van der Waals surface area contributed by atoms with Gasteiger partial charge in [0.25, 0.3) is 5.91 Å². The molecule has 5 nitrogen and oxygen atoms in total. The summed E-state index contributed by atoms with van der Waals surface area (Å²) < 4.78 is 0. The smallest absolute Gasteiger partial charge is 0.253 e. The van der Waals surface area contributed by atoms with Crippen LogP contribution in [0.3, 0.4) is 0 Å². The quantitative estimate of drug-likeness (QED) is 0.330. The van der Waals surface area contributed by atoms with Crippen LogP contribution in [0.4, 0.5) is 0 Å². The van der Waals surface area contributed by atoms with Crippen molar-refractivity contribution in [3.63, 3.8) is 0 Å². The molecule has 1 saturated heterocycles. The van der Waals surface area contributed by atoms with Gasteiger partial charge in [-0.3, -0.25) is 4.79 Å². The van der Waals surface area contributed by atoms with Crippen LogP contribution in [0.15, 0.2) is 85.1 Å². The first-order chi connectivity index (χ1) is 17.5. The average Bonchev–Trinajstić information content (AvgIpc) is 3.33. The Labute approximate surface area is 213 Å². The Morgan fingerprint density at radius 2 is 1.69 bits per heavy atom. The highest BCUT2D eigenvalue weighted by atomic mass is 16.3. The van der Waals surface area contributed by atoms with E-state index in [4.69, 9.17) is 0 Å². The van der Waals surface area contributed by atoms with E-state index in [0.29, 0.717) is 12.0 Å². The molecule has 1 unspecified atom stereocenters. The molecular formula is C31H35N3O2. The number of rotatable bonds is 8. The number of aromatic amines is 1. The van der Waals surface area contributed by atoms with Gasteiger partial charge in [-0.25, -0.2) is 0 Å². The SMILES string of the molecule is CC(O)(Cc1ccc2[nH]cc(C(=O)NC3CCN(CCc4ccccc4)CC3)c2c1)c1ccccc1. The Kier molecular flexibility index (Phi) is 7.21. The van der Waals surface area contributed by atoms with Gasteiger partial charge < -0.3 is 20.3 Å². The van der Waals surface area contributed by atoms with Crippen molar-refractivity contribution < 1.29 is 9.90 Å². The number of hydrogen-bond donors (Lipinski definition) is 3. The number of H-pyrrole nitrogens is 1. The molecule has 3 aromatic carbocycles. The van der Waals surface area contributed by atoms with Gasteiger partial charge in [0.15, 0.2) is 0 Å². The van der Waals surface area contributed by atoms with E-state index in [1.807, 2.05) is 55.5 Å². The molecule has 1 atom stereocenters. The van der Waals surface area contributed by atoms with Crippen LogP contribution in [0.5, 0.6) is 0 Å². The van der Waals surface area contributed by atoms with Crippen molar-refractivity contribution in [3.05, 3.63) is 107 Å². The molecule has 1 fully saturated rings. The first-order valence-corrected chi connectivity index (χ1v) is 12.9. The summed E-state index contributed by atoms with van der Waals surface area (Å²) in [5, 5.41) is 15.3. The highest BCUT2D eigenvalue weighted by Gasteiger charge is 2.25. The van der Waals surface area contributed by atoms with Crippen LogP contribution in [-0.4, -0.2) is 46.6 Å². The number of amides is 1. The fourth-order valence-corrected chi connectivity index (χ4v) is 5.26. The van der Waals surface area contributed by atoms with Gasteiger partial charge in [0, 0.05) is 49.2 Å². The fourth-order valence-electron chi connectivity index (χ4n) is 5.26. The lowest BCUT2D eigenvalue weighted by Crippen LogP contribution is -2.45. The summed E-state index contributed by atoms with van der Waals surface area (Å²) in [5.74, 6) is -0.0315. The zero-order valence-electron chi connectivity index (χ0n) is 20.9. The third kappa shape index (κ3) is 5.69. The lowest BCUT2D eigenvalue weighted by Gasteiger charge is -2.32. The Balaban J connectivity index is 1.19. The molecule has 0 bridgehead atoms. The molecule has 0 radical (unpaired) electrons. The zero-order chi connectivity index (χ0) is 25.0. The van der Waals surface area contributed by atoms with E-state index >= 15 is 0 Å². The van der Waals surface area contributed by atoms with E-state index in [1.165, 1.54) is 5.56 Å². The minimum absolute atomic E-state index is 0.0315. The van der Waals surface area contributed by atoms with Crippen LogP contribution < -0.4 is 5.32 Å². The second-order valence-electron chi connectivity index (χ2n) is 10.2. The Hall–Kier alpha value is -3.41. The molecule has 1 aliphatic rings. The number of carbonyl (C=O) groups excluding carboxylic acids is 1. The number of likely N-dealkylation sites (tertiary alicyclic amines) is 1. The molecule has 0 aliphatic carbocycles. The van der Waals surface area contributed by atoms with Crippen LogP contribution in [0, 0.1) is 0 Å². The molecule has 3 N–H and O–H groups in total. The predicted molar refractivity (Wildman–Crippen MR) is 145 cm³/mol. The number of carbonyl (C=O) groups is 1. The van der Waals surface area contributed by atoms with Crippen molar-refractivity contribution in [1.29, 1.82) is 0 Å². The molecule has 1 aromatic heterocycles. The lowest BCUT2D eigenvalue weighted by atomic mass is 9.88. The summed E-state index contributed by atoms with van der Waals surface area (Å²) in [5.41, 5.74) is 3.86. The van der Waals surface area contributed by atoms with Crippen LogP contribution in [0.25, 0.3) is 10.9 Å². The summed E-state index contributed by atoms with van der Waals surface area (Å²) in [7, 11) is 0. The third-order valence-corrected chi connectivity index (χ3v) is 7.42. The molecule has 1 aliphatic heterocycles. The first kappa shape index (κ1) is 24.3. The highest BCUT2D eigenvalue weighted by molar-refractivity contribution is 6.07. The van der Waals surface area contributed by atoms with E-state index in [-0.39, 0.29) is 11.9 Å². The number of fused-ring (bicyclic) bond motifs is 1. The average molecular weight is 482 g/mol. The minimum atomic E-state index is -0.984. The molecule has 5 heteroatoms. The minimum Gasteiger partial charge on any atom is -0.385 e. The van der Waals surface area contributed by atoms with E-state index in [9.17, 15) is 9.90 Å². The number of hydrogen-bond acceptors (Lipinski definition) is 3. The van der Waals surface area contributed by atoms with E-state index < -0.39 is 5.60 Å². The maximum Gasteiger partial charge on any atom is 0.253 e.